The molecule has 0 saturated carbocycles. The van der Waals surface area contributed by atoms with Crippen molar-refractivity contribution in [1.29, 1.82) is 0 Å². The van der Waals surface area contributed by atoms with E-state index >= 15 is 0 Å². The molecule has 0 atom stereocenters. The van der Waals surface area contributed by atoms with Crippen LogP contribution >= 0.6 is 23.2 Å². The van der Waals surface area contributed by atoms with Crippen LogP contribution in [0.5, 0.6) is 5.75 Å². The number of hydrogen-bond donors (Lipinski definition) is 4. The van der Waals surface area contributed by atoms with Gasteiger partial charge in [-0.3, -0.25) is 14.4 Å². The van der Waals surface area contributed by atoms with Gasteiger partial charge in [-0.15, -0.1) is 0 Å². The molecule has 0 heterocycles. The van der Waals surface area contributed by atoms with Gasteiger partial charge in [0.2, 0.25) is 0 Å². The van der Waals surface area contributed by atoms with E-state index in [0.29, 0.717) is 11.3 Å². The normalized spacial score (nSPS) is 10.2. The lowest BCUT2D eigenvalue weighted by Gasteiger charge is -2.09. The Morgan fingerprint density at radius 3 is 2.27 bits per heavy atom. The lowest BCUT2D eigenvalue weighted by molar-refractivity contribution is -0.136. The van der Waals surface area contributed by atoms with Crippen molar-refractivity contribution in [3.05, 3.63) is 57.6 Å². The first-order valence-electron chi connectivity index (χ1n) is 7.37. The zero-order chi connectivity index (χ0) is 19.3. The van der Waals surface area contributed by atoms with E-state index in [0.717, 1.165) is 0 Å². The summed E-state index contributed by atoms with van der Waals surface area (Å²) >= 11 is 11.6. The molecule has 0 radical (unpaired) electrons. The maximum atomic E-state index is 12.2. The van der Waals surface area contributed by atoms with Crippen molar-refractivity contribution in [1.82, 2.24) is 5.32 Å². The third kappa shape index (κ3) is 5.11. The van der Waals surface area contributed by atoms with Crippen molar-refractivity contribution in [3.63, 3.8) is 0 Å². The number of carboxylic acid groups (broad SMARTS) is 1. The molecule has 0 spiro atoms. The summed E-state index contributed by atoms with van der Waals surface area (Å²) in [6, 6.07) is 8.52. The molecule has 0 saturated heterocycles. The fourth-order valence-corrected chi connectivity index (χ4v) is 2.52. The Morgan fingerprint density at radius 1 is 1.00 bits per heavy atom. The molecule has 136 valence electrons. The summed E-state index contributed by atoms with van der Waals surface area (Å²) in [5, 5.41) is 23.6. The topological polar surface area (TPSA) is 116 Å². The zero-order valence-electron chi connectivity index (χ0n) is 13.3. The smallest absolute Gasteiger partial charge is 0.305 e. The fourth-order valence-electron chi connectivity index (χ4n) is 2.03. The van der Waals surface area contributed by atoms with Crippen LogP contribution in [0.2, 0.25) is 10.0 Å². The van der Waals surface area contributed by atoms with Crippen LogP contribution in [-0.2, 0) is 4.79 Å². The third-order valence-corrected chi connectivity index (χ3v) is 3.81. The van der Waals surface area contributed by atoms with Gasteiger partial charge in [0.1, 0.15) is 5.75 Å². The molecule has 0 aliphatic heterocycles. The van der Waals surface area contributed by atoms with Crippen molar-refractivity contribution in [2.24, 2.45) is 0 Å². The number of rotatable bonds is 6. The summed E-state index contributed by atoms with van der Waals surface area (Å²) in [6.07, 6.45) is -0.175. The molecular weight excluding hydrogens is 383 g/mol. The Kier molecular flexibility index (Phi) is 6.43. The molecule has 4 N–H and O–H groups in total. The molecule has 2 aromatic rings. The molecule has 26 heavy (non-hydrogen) atoms. The van der Waals surface area contributed by atoms with Gasteiger partial charge in [-0.1, -0.05) is 23.2 Å². The minimum absolute atomic E-state index is 0.0153. The van der Waals surface area contributed by atoms with Crippen LogP contribution in [0, 0.1) is 0 Å². The van der Waals surface area contributed by atoms with Gasteiger partial charge in [0.05, 0.1) is 17.0 Å². The van der Waals surface area contributed by atoms with Gasteiger partial charge in [-0.2, -0.15) is 0 Å². The number of hydrogen-bond acceptors (Lipinski definition) is 4. The summed E-state index contributed by atoms with van der Waals surface area (Å²) < 4.78 is 0. The summed E-state index contributed by atoms with van der Waals surface area (Å²) in [5.41, 5.74) is 0.604. The molecule has 0 bridgehead atoms. The first kappa shape index (κ1) is 19.6. The Bertz CT molecular complexity index is 853. The van der Waals surface area contributed by atoms with Crippen molar-refractivity contribution < 1.29 is 24.6 Å². The number of halogens is 2. The lowest BCUT2D eigenvalue weighted by Crippen LogP contribution is -2.25. The fraction of sp³-hybridized carbons (Fsp3) is 0.118. The van der Waals surface area contributed by atoms with E-state index in [2.05, 4.69) is 10.6 Å². The number of benzene rings is 2. The number of nitrogens with one attached hydrogen (secondary N) is 2. The van der Waals surface area contributed by atoms with Gasteiger partial charge < -0.3 is 20.8 Å². The van der Waals surface area contributed by atoms with Gasteiger partial charge in [0, 0.05) is 22.8 Å². The number of aromatic hydroxyl groups is 1. The first-order valence-corrected chi connectivity index (χ1v) is 8.13. The number of carbonyl (C=O) groups excluding carboxylic acids is 2. The van der Waals surface area contributed by atoms with Crippen LogP contribution in [0.1, 0.15) is 27.1 Å². The molecule has 0 aliphatic rings. The van der Waals surface area contributed by atoms with Gasteiger partial charge in [0.25, 0.3) is 11.8 Å². The molecule has 2 rings (SSSR count). The second kappa shape index (κ2) is 8.55. The lowest BCUT2D eigenvalue weighted by atomic mass is 10.1. The highest BCUT2D eigenvalue weighted by atomic mass is 35.5. The van der Waals surface area contributed by atoms with Crippen LogP contribution < -0.4 is 10.6 Å². The van der Waals surface area contributed by atoms with Gasteiger partial charge in [0.15, 0.2) is 0 Å². The van der Waals surface area contributed by atoms with Crippen LogP contribution in [0.25, 0.3) is 0 Å². The number of phenols is 1. The maximum Gasteiger partial charge on any atom is 0.305 e. The summed E-state index contributed by atoms with van der Waals surface area (Å²) in [5.74, 6) is -2.44. The number of carbonyl (C=O) groups is 3. The zero-order valence-corrected chi connectivity index (χ0v) is 14.8. The van der Waals surface area contributed by atoms with Crippen LogP contribution in [-0.4, -0.2) is 34.5 Å². The maximum absolute atomic E-state index is 12.2. The van der Waals surface area contributed by atoms with Crippen molar-refractivity contribution >= 4 is 46.7 Å². The highest BCUT2D eigenvalue weighted by molar-refractivity contribution is 6.36. The molecule has 0 aliphatic carbocycles. The molecular formula is C17H14Cl2N2O5. The molecule has 9 heteroatoms. The van der Waals surface area contributed by atoms with E-state index in [9.17, 15) is 19.5 Å². The van der Waals surface area contributed by atoms with E-state index in [1.807, 2.05) is 0 Å². The average molecular weight is 397 g/mol. The Labute approximate surface area is 158 Å². The SMILES string of the molecule is O=C(O)CCNC(=O)c1ccc(NC(=O)c2cc(Cl)cc(Cl)c2O)cc1. The highest BCUT2D eigenvalue weighted by Gasteiger charge is 2.16. The molecule has 7 nitrogen and oxygen atoms in total. The standard InChI is InChI=1S/C17H14Cl2N2O5/c18-10-7-12(15(24)13(19)8-10)17(26)21-11-3-1-9(2-4-11)16(25)20-6-5-14(22)23/h1-4,7-8,24H,5-6H2,(H,20,25)(H,21,26)(H,22,23). The van der Waals surface area contributed by atoms with Gasteiger partial charge >= 0.3 is 5.97 Å². The average Bonchev–Trinajstić information content (AvgIpc) is 2.58. The van der Waals surface area contributed by atoms with Crippen molar-refractivity contribution in [3.8, 4) is 5.75 Å². The van der Waals surface area contributed by atoms with Gasteiger partial charge in [-0.25, -0.2) is 0 Å². The number of carboxylic acids is 1. The Morgan fingerprint density at radius 2 is 1.65 bits per heavy atom. The largest absolute Gasteiger partial charge is 0.506 e. The quantitative estimate of drug-likeness (QED) is 0.598. The van der Waals surface area contributed by atoms with E-state index in [1.165, 1.54) is 36.4 Å². The second-order valence-corrected chi connectivity index (χ2v) is 6.06. The summed E-state index contributed by atoms with van der Waals surface area (Å²) in [4.78, 5) is 34.5. The van der Waals surface area contributed by atoms with E-state index in [-0.39, 0.29) is 34.3 Å². The predicted molar refractivity (Wildman–Crippen MR) is 97.1 cm³/mol. The number of amides is 2. The molecule has 0 unspecified atom stereocenters. The number of aliphatic carboxylic acids is 1. The Balaban J connectivity index is 2.04. The summed E-state index contributed by atoms with van der Waals surface area (Å²) in [7, 11) is 0. The van der Waals surface area contributed by atoms with Crippen molar-refractivity contribution in [2.75, 3.05) is 11.9 Å². The minimum Gasteiger partial charge on any atom is -0.506 e. The second-order valence-electron chi connectivity index (χ2n) is 5.21. The molecule has 0 fully saturated rings. The minimum atomic E-state index is -1.01. The van der Waals surface area contributed by atoms with E-state index in [4.69, 9.17) is 28.3 Å². The van der Waals surface area contributed by atoms with Crippen LogP contribution in [0.15, 0.2) is 36.4 Å². The molecule has 2 amide bonds. The van der Waals surface area contributed by atoms with Crippen molar-refractivity contribution in [2.45, 2.75) is 6.42 Å². The summed E-state index contributed by atoms with van der Waals surface area (Å²) in [6.45, 7) is 0.0153. The van der Waals surface area contributed by atoms with Crippen LogP contribution in [0.4, 0.5) is 5.69 Å². The van der Waals surface area contributed by atoms with Crippen LogP contribution in [0.3, 0.4) is 0 Å². The van der Waals surface area contributed by atoms with E-state index < -0.39 is 17.8 Å². The number of anilines is 1. The third-order valence-electron chi connectivity index (χ3n) is 3.30. The highest BCUT2D eigenvalue weighted by Crippen LogP contribution is 2.31. The first-order chi connectivity index (χ1) is 12.3. The monoisotopic (exact) mass is 396 g/mol. The van der Waals surface area contributed by atoms with E-state index in [1.54, 1.807) is 0 Å². The number of phenolic OH excluding ortho intramolecular Hbond substituents is 1. The Hall–Kier alpha value is -2.77. The predicted octanol–water partition coefficient (Wildman–Crippen LogP) is 3.16. The van der Waals surface area contributed by atoms with Gasteiger partial charge in [-0.05, 0) is 36.4 Å². The molecule has 2 aromatic carbocycles. The molecule has 0 aromatic heterocycles.